The Bertz CT molecular complexity index is 1510. The van der Waals surface area contributed by atoms with E-state index in [-0.39, 0.29) is 24.2 Å². The average Bonchev–Trinajstić information content (AvgIpc) is 2.89. The molecule has 1 aliphatic rings. The molecular formula is C28H21ClF3NO5. The first kappa shape index (κ1) is 25.7. The van der Waals surface area contributed by atoms with E-state index < -0.39 is 16.8 Å². The van der Waals surface area contributed by atoms with Gasteiger partial charge in [-0.05, 0) is 41.5 Å². The van der Waals surface area contributed by atoms with E-state index in [1.54, 1.807) is 49.7 Å². The fraction of sp³-hybridized carbons (Fsp3) is 0.214. The molecule has 0 radical (unpaired) electrons. The van der Waals surface area contributed by atoms with Crippen LogP contribution in [0.2, 0.25) is 5.02 Å². The van der Waals surface area contributed by atoms with Crippen LogP contribution in [0, 0.1) is 0 Å². The van der Waals surface area contributed by atoms with E-state index in [4.69, 9.17) is 30.5 Å². The molecule has 0 amide bonds. The van der Waals surface area contributed by atoms with Gasteiger partial charge >= 0.3 is 6.18 Å². The molecule has 1 aliphatic heterocycles. The SMILES string of the molecule is COc1cc2nccc(Oc3ccc(CC(=O)Cc4ccc(Cl)c(C(F)(F)F)c4)cc3)c2c2c1OCCO2. The number of Topliss-reactive ketones (excluding diaryl/α,β-unsaturated/α-hetero) is 1. The zero-order valence-electron chi connectivity index (χ0n) is 20.1. The number of halogens is 4. The zero-order valence-corrected chi connectivity index (χ0v) is 20.9. The Labute approximate surface area is 220 Å². The normalized spacial score (nSPS) is 12.9. The van der Waals surface area contributed by atoms with Gasteiger partial charge in [0.15, 0.2) is 11.5 Å². The number of carbonyl (C=O) groups is 1. The van der Waals surface area contributed by atoms with E-state index in [1.165, 1.54) is 6.07 Å². The van der Waals surface area contributed by atoms with Gasteiger partial charge < -0.3 is 18.9 Å². The van der Waals surface area contributed by atoms with E-state index in [9.17, 15) is 18.0 Å². The van der Waals surface area contributed by atoms with Crippen molar-refractivity contribution in [2.24, 2.45) is 0 Å². The van der Waals surface area contributed by atoms with E-state index >= 15 is 0 Å². The molecule has 5 rings (SSSR count). The molecule has 4 aromatic rings. The molecule has 38 heavy (non-hydrogen) atoms. The van der Waals surface area contributed by atoms with Crippen LogP contribution < -0.4 is 18.9 Å². The number of alkyl halides is 3. The highest BCUT2D eigenvalue weighted by molar-refractivity contribution is 6.31. The molecule has 0 fully saturated rings. The lowest BCUT2D eigenvalue weighted by Crippen LogP contribution is -2.16. The lowest BCUT2D eigenvalue weighted by atomic mass is 10.0. The Hall–Kier alpha value is -3.98. The monoisotopic (exact) mass is 543 g/mol. The van der Waals surface area contributed by atoms with Crippen molar-refractivity contribution >= 4 is 28.3 Å². The van der Waals surface area contributed by atoms with E-state index in [1.807, 2.05) is 0 Å². The summed E-state index contributed by atoms with van der Waals surface area (Å²) >= 11 is 5.66. The minimum Gasteiger partial charge on any atom is -0.493 e. The van der Waals surface area contributed by atoms with Crippen LogP contribution in [0.5, 0.6) is 28.7 Å². The topological polar surface area (TPSA) is 66.9 Å². The van der Waals surface area contributed by atoms with Gasteiger partial charge in [0.1, 0.15) is 30.5 Å². The van der Waals surface area contributed by atoms with Crippen molar-refractivity contribution in [3.63, 3.8) is 0 Å². The van der Waals surface area contributed by atoms with E-state index in [2.05, 4.69) is 4.98 Å². The number of methoxy groups -OCH3 is 1. The molecule has 0 aliphatic carbocycles. The van der Waals surface area contributed by atoms with Crippen molar-refractivity contribution in [3.8, 4) is 28.7 Å². The lowest BCUT2D eigenvalue weighted by Gasteiger charge is -2.23. The average molecular weight is 544 g/mol. The molecule has 1 aromatic heterocycles. The highest BCUT2D eigenvalue weighted by Crippen LogP contribution is 2.48. The molecule has 10 heteroatoms. The quantitative estimate of drug-likeness (QED) is 0.254. The fourth-order valence-corrected chi connectivity index (χ4v) is 4.46. The van der Waals surface area contributed by atoms with Crippen LogP contribution in [0.15, 0.2) is 60.8 Å². The third kappa shape index (κ3) is 5.33. The van der Waals surface area contributed by atoms with Gasteiger partial charge in [0, 0.05) is 25.1 Å². The number of ether oxygens (including phenoxy) is 4. The standard InChI is InChI=1S/C28H21ClF3NO5/c1-35-24-15-22-25(27-26(24)36-10-11-37-27)23(8-9-33-22)38-19-5-2-16(3-6-19)12-18(34)13-17-4-7-21(29)20(14-17)28(30,31)32/h2-9,14-15H,10-13H2,1H3. The van der Waals surface area contributed by atoms with Gasteiger partial charge in [-0.25, -0.2) is 0 Å². The molecule has 0 N–H and O–H groups in total. The van der Waals surface area contributed by atoms with Crippen LogP contribution in [-0.4, -0.2) is 31.1 Å². The second kappa shape index (κ2) is 10.4. The Kier molecular flexibility index (Phi) is 7.03. The number of nitrogens with zero attached hydrogens (tertiary/aromatic N) is 1. The first-order chi connectivity index (χ1) is 18.2. The van der Waals surface area contributed by atoms with Crippen LogP contribution in [-0.2, 0) is 23.8 Å². The van der Waals surface area contributed by atoms with E-state index in [0.29, 0.717) is 58.4 Å². The fourth-order valence-electron chi connectivity index (χ4n) is 4.23. The molecule has 3 aromatic carbocycles. The Morgan fingerprint density at radius 1 is 0.947 bits per heavy atom. The number of hydrogen-bond acceptors (Lipinski definition) is 6. The summed E-state index contributed by atoms with van der Waals surface area (Å²) in [5, 5.41) is 0.244. The Morgan fingerprint density at radius 3 is 2.34 bits per heavy atom. The van der Waals surface area contributed by atoms with Crippen LogP contribution >= 0.6 is 11.6 Å². The summed E-state index contributed by atoms with van der Waals surface area (Å²) in [6.07, 6.45) is -3.06. The summed E-state index contributed by atoms with van der Waals surface area (Å²) in [7, 11) is 1.54. The second-order valence-corrected chi connectivity index (χ2v) is 8.99. The molecule has 0 spiro atoms. The number of aromatic nitrogens is 1. The Morgan fingerprint density at radius 2 is 1.63 bits per heavy atom. The smallest absolute Gasteiger partial charge is 0.417 e. The third-order valence-corrected chi connectivity index (χ3v) is 6.28. The molecule has 0 saturated heterocycles. The van der Waals surface area contributed by atoms with Gasteiger partial charge in [-0.15, -0.1) is 0 Å². The zero-order chi connectivity index (χ0) is 26.9. The van der Waals surface area contributed by atoms with Crippen LogP contribution in [0.4, 0.5) is 13.2 Å². The highest BCUT2D eigenvalue weighted by Gasteiger charge is 2.33. The first-order valence-corrected chi connectivity index (χ1v) is 12.0. The van der Waals surface area contributed by atoms with Crippen molar-refractivity contribution in [2.45, 2.75) is 19.0 Å². The molecule has 6 nitrogen and oxygen atoms in total. The largest absolute Gasteiger partial charge is 0.493 e. The van der Waals surface area contributed by atoms with Gasteiger partial charge in [0.2, 0.25) is 5.75 Å². The summed E-state index contributed by atoms with van der Waals surface area (Å²) in [4.78, 5) is 17.0. The second-order valence-electron chi connectivity index (χ2n) is 8.59. The molecule has 0 bridgehead atoms. The van der Waals surface area contributed by atoms with Crippen molar-refractivity contribution in [3.05, 3.63) is 82.5 Å². The molecule has 0 saturated carbocycles. The first-order valence-electron chi connectivity index (χ1n) is 11.6. The summed E-state index contributed by atoms with van der Waals surface area (Å²) in [6.45, 7) is 0.771. The predicted octanol–water partition coefficient (Wildman–Crippen LogP) is 6.83. The molecule has 2 heterocycles. The lowest BCUT2D eigenvalue weighted by molar-refractivity contribution is -0.137. The third-order valence-electron chi connectivity index (χ3n) is 5.95. The van der Waals surface area contributed by atoms with Gasteiger partial charge in [0.25, 0.3) is 0 Å². The van der Waals surface area contributed by atoms with Crippen LogP contribution in [0.3, 0.4) is 0 Å². The van der Waals surface area contributed by atoms with Crippen molar-refractivity contribution < 1.29 is 36.9 Å². The van der Waals surface area contributed by atoms with Gasteiger partial charge in [-0.2, -0.15) is 13.2 Å². The summed E-state index contributed by atoms with van der Waals surface area (Å²) < 4.78 is 62.5. The molecule has 0 unspecified atom stereocenters. The minimum absolute atomic E-state index is 0.0565. The number of ketones is 1. The summed E-state index contributed by atoms with van der Waals surface area (Å²) in [5.41, 5.74) is 0.612. The molecular weight excluding hydrogens is 523 g/mol. The van der Waals surface area contributed by atoms with Crippen LogP contribution in [0.25, 0.3) is 10.9 Å². The maximum Gasteiger partial charge on any atom is 0.417 e. The van der Waals surface area contributed by atoms with Crippen molar-refractivity contribution in [1.82, 2.24) is 4.98 Å². The van der Waals surface area contributed by atoms with Gasteiger partial charge in [-0.1, -0.05) is 29.8 Å². The number of rotatable bonds is 7. The maximum absolute atomic E-state index is 13.1. The minimum atomic E-state index is -4.59. The predicted molar refractivity (Wildman–Crippen MR) is 135 cm³/mol. The summed E-state index contributed by atoms with van der Waals surface area (Å²) in [6, 6.07) is 13.9. The van der Waals surface area contributed by atoms with Crippen LogP contribution in [0.1, 0.15) is 16.7 Å². The van der Waals surface area contributed by atoms with E-state index in [0.717, 1.165) is 12.1 Å². The van der Waals surface area contributed by atoms with Gasteiger partial charge in [0.05, 0.1) is 28.6 Å². The molecule has 0 atom stereocenters. The number of fused-ring (bicyclic) bond motifs is 3. The Balaban J connectivity index is 1.31. The van der Waals surface area contributed by atoms with Gasteiger partial charge in [-0.3, -0.25) is 9.78 Å². The number of hydrogen-bond donors (Lipinski definition) is 0. The number of benzene rings is 3. The maximum atomic E-state index is 13.1. The van der Waals surface area contributed by atoms with Crippen molar-refractivity contribution in [1.29, 1.82) is 0 Å². The highest BCUT2D eigenvalue weighted by atomic mass is 35.5. The number of pyridine rings is 1. The molecule has 196 valence electrons. The summed E-state index contributed by atoms with van der Waals surface area (Å²) in [5.74, 6) is 2.29. The number of carbonyl (C=O) groups excluding carboxylic acids is 1. The van der Waals surface area contributed by atoms with Crippen molar-refractivity contribution in [2.75, 3.05) is 20.3 Å².